The fraction of sp³-hybridized carbons (Fsp3) is 0.421. The van der Waals surface area contributed by atoms with Crippen LogP contribution in [0.25, 0.3) is 17.2 Å². The topological polar surface area (TPSA) is 70.7 Å². The molecule has 1 N–H and O–H groups in total. The number of nitrogens with zero attached hydrogens (tertiary/aromatic N) is 3. The van der Waals surface area contributed by atoms with Gasteiger partial charge < -0.3 is 14.6 Å². The Morgan fingerprint density at radius 3 is 3.04 bits per heavy atom. The van der Waals surface area contributed by atoms with Crippen LogP contribution in [0.15, 0.2) is 32.5 Å². The van der Waals surface area contributed by atoms with Crippen molar-refractivity contribution in [3.63, 3.8) is 0 Å². The molecule has 0 spiro atoms. The van der Waals surface area contributed by atoms with Gasteiger partial charge in [-0.1, -0.05) is 12.5 Å². The van der Waals surface area contributed by atoms with Gasteiger partial charge in [-0.2, -0.15) is 0 Å². The number of amidine groups is 1. The highest BCUT2D eigenvalue weighted by Crippen LogP contribution is 2.27. The minimum absolute atomic E-state index is 0.0967. The summed E-state index contributed by atoms with van der Waals surface area (Å²) in [7, 11) is 0. The van der Waals surface area contributed by atoms with Crippen LogP contribution in [0.3, 0.4) is 0 Å². The summed E-state index contributed by atoms with van der Waals surface area (Å²) in [5.41, 5.74) is 2.48. The van der Waals surface area contributed by atoms with E-state index in [-0.39, 0.29) is 5.91 Å². The average molecular weight is 370 g/mol. The van der Waals surface area contributed by atoms with Crippen molar-refractivity contribution in [1.29, 1.82) is 0 Å². The lowest BCUT2D eigenvalue weighted by molar-refractivity contribution is -0.115. The van der Waals surface area contributed by atoms with Gasteiger partial charge in [0.05, 0.1) is 11.4 Å². The van der Waals surface area contributed by atoms with Crippen molar-refractivity contribution in [2.45, 2.75) is 26.2 Å². The second kappa shape index (κ2) is 7.63. The van der Waals surface area contributed by atoms with E-state index in [2.05, 4.69) is 20.2 Å². The lowest BCUT2D eigenvalue weighted by Gasteiger charge is -2.25. The number of aliphatic imine (C=N–C) groups is 1. The van der Waals surface area contributed by atoms with Crippen LogP contribution in [-0.2, 0) is 4.79 Å². The number of aromatic nitrogens is 1. The third-order valence-electron chi connectivity index (χ3n) is 4.59. The Hall–Kier alpha value is -2.12. The number of oxazole rings is 1. The van der Waals surface area contributed by atoms with Crippen molar-refractivity contribution in [3.05, 3.63) is 34.6 Å². The Balaban J connectivity index is 1.41. The smallest absolute Gasteiger partial charge is 0.264 e. The lowest BCUT2D eigenvalue weighted by Crippen LogP contribution is -2.32. The van der Waals surface area contributed by atoms with Gasteiger partial charge in [0.25, 0.3) is 5.91 Å². The molecule has 1 amide bonds. The first kappa shape index (κ1) is 17.3. The maximum absolute atomic E-state index is 12.2. The van der Waals surface area contributed by atoms with Crippen LogP contribution in [0.4, 0.5) is 0 Å². The summed E-state index contributed by atoms with van der Waals surface area (Å²) < 4.78 is 5.56. The zero-order chi connectivity index (χ0) is 17.9. The predicted octanol–water partition coefficient (Wildman–Crippen LogP) is 3.18. The fourth-order valence-corrected chi connectivity index (χ4v) is 4.12. The third-order valence-corrected chi connectivity index (χ3v) is 5.54. The number of piperidine rings is 1. The van der Waals surface area contributed by atoms with Crippen molar-refractivity contribution in [2.24, 2.45) is 4.99 Å². The number of nitrogens with one attached hydrogen (secondary N) is 1. The SMILES string of the molecule is Cc1nc2ccc(/C=C3\SC(=NCCN4CCCCC4)NC3=O)cc2o1. The largest absolute Gasteiger partial charge is 0.441 e. The van der Waals surface area contributed by atoms with E-state index in [1.165, 1.54) is 44.1 Å². The molecule has 0 unspecified atom stereocenters. The molecule has 0 bridgehead atoms. The minimum atomic E-state index is -0.0967. The highest BCUT2D eigenvalue weighted by molar-refractivity contribution is 8.18. The number of carbonyl (C=O) groups excluding carboxylic acids is 1. The second-order valence-electron chi connectivity index (χ2n) is 6.61. The van der Waals surface area contributed by atoms with Gasteiger partial charge in [0.1, 0.15) is 5.52 Å². The molecule has 0 radical (unpaired) electrons. The van der Waals surface area contributed by atoms with Crippen LogP contribution in [-0.4, -0.2) is 47.1 Å². The number of benzene rings is 1. The summed E-state index contributed by atoms with van der Waals surface area (Å²) in [4.78, 5) is 24.1. The number of carbonyl (C=O) groups is 1. The van der Waals surface area contributed by atoms with E-state index in [1.54, 1.807) is 0 Å². The average Bonchev–Trinajstić information content (AvgIpc) is 3.17. The minimum Gasteiger partial charge on any atom is -0.441 e. The van der Waals surface area contributed by atoms with Crippen molar-refractivity contribution in [3.8, 4) is 0 Å². The Labute approximate surface area is 156 Å². The molecule has 4 rings (SSSR count). The molecule has 2 aromatic rings. The molecule has 7 heteroatoms. The van der Waals surface area contributed by atoms with E-state index in [0.717, 1.165) is 29.8 Å². The summed E-state index contributed by atoms with van der Waals surface area (Å²) in [6.07, 6.45) is 5.77. The Morgan fingerprint density at radius 2 is 2.19 bits per heavy atom. The van der Waals surface area contributed by atoms with E-state index in [1.807, 2.05) is 31.2 Å². The fourth-order valence-electron chi connectivity index (χ4n) is 3.28. The highest BCUT2D eigenvalue weighted by Gasteiger charge is 2.23. The summed E-state index contributed by atoms with van der Waals surface area (Å²) >= 11 is 1.40. The van der Waals surface area contributed by atoms with Crippen LogP contribution in [0.5, 0.6) is 0 Å². The van der Waals surface area contributed by atoms with Crippen LogP contribution in [0.2, 0.25) is 0 Å². The Morgan fingerprint density at radius 1 is 1.35 bits per heavy atom. The normalized spacial score (nSPS) is 21.8. The van der Waals surface area contributed by atoms with Gasteiger partial charge in [-0.15, -0.1) is 0 Å². The summed E-state index contributed by atoms with van der Waals surface area (Å²) in [6, 6.07) is 5.75. The van der Waals surface area contributed by atoms with Crippen molar-refractivity contribution in [2.75, 3.05) is 26.2 Å². The number of rotatable bonds is 4. The maximum Gasteiger partial charge on any atom is 0.264 e. The molecular weight excluding hydrogens is 348 g/mol. The van der Waals surface area contributed by atoms with E-state index in [4.69, 9.17) is 4.42 Å². The molecule has 2 aliphatic heterocycles. The highest BCUT2D eigenvalue weighted by atomic mass is 32.2. The third kappa shape index (κ3) is 3.99. The number of aryl methyl sites for hydroxylation is 1. The molecular formula is C19H22N4O2S. The van der Waals surface area contributed by atoms with Gasteiger partial charge in [-0.05, 0) is 61.5 Å². The first-order valence-corrected chi connectivity index (χ1v) is 9.84. The number of hydrogen-bond donors (Lipinski definition) is 1. The first-order valence-electron chi connectivity index (χ1n) is 9.02. The van der Waals surface area contributed by atoms with E-state index >= 15 is 0 Å². The quantitative estimate of drug-likeness (QED) is 0.837. The molecule has 6 nitrogen and oxygen atoms in total. The molecule has 2 aliphatic rings. The van der Waals surface area contributed by atoms with E-state index < -0.39 is 0 Å². The van der Waals surface area contributed by atoms with Gasteiger partial charge >= 0.3 is 0 Å². The molecule has 2 saturated heterocycles. The maximum atomic E-state index is 12.2. The van der Waals surface area contributed by atoms with Crippen LogP contribution >= 0.6 is 11.8 Å². The number of hydrogen-bond acceptors (Lipinski definition) is 6. The number of likely N-dealkylation sites (tertiary alicyclic amines) is 1. The molecule has 0 saturated carbocycles. The molecule has 136 valence electrons. The van der Waals surface area contributed by atoms with Crippen LogP contribution < -0.4 is 5.32 Å². The van der Waals surface area contributed by atoms with Gasteiger partial charge in [0, 0.05) is 13.5 Å². The van der Waals surface area contributed by atoms with Crippen LogP contribution in [0, 0.1) is 6.92 Å². The standard InChI is InChI=1S/C19H22N4O2S/c1-13-21-15-6-5-14(11-16(15)25-13)12-17-18(24)22-19(26-17)20-7-10-23-8-3-2-4-9-23/h5-6,11-12H,2-4,7-10H2,1H3,(H,20,22,24)/b17-12-. The van der Waals surface area contributed by atoms with Gasteiger partial charge in [0.15, 0.2) is 16.6 Å². The van der Waals surface area contributed by atoms with Gasteiger partial charge in [-0.25, -0.2) is 4.98 Å². The number of thioether (sulfide) groups is 1. The number of fused-ring (bicyclic) bond motifs is 1. The second-order valence-corrected chi connectivity index (χ2v) is 7.64. The van der Waals surface area contributed by atoms with Crippen molar-refractivity contribution >= 4 is 40.0 Å². The first-order chi connectivity index (χ1) is 12.7. The molecule has 0 atom stereocenters. The summed E-state index contributed by atoms with van der Waals surface area (Å²) in [5.74, 6) is 0.543. The lowest BCUT2D eigenvalue weighted by atomic mass is 10.1. The molecule has 26 heavy (non-hydrogen) atoms. The molecule has 3 heterocycles. The van der Waals surface area contributed by atoms with Crippen molar-refractivity contribution < 1.29 is 9.21 Å². The number of amides is 1. The molecule has 0 aliphatic carbocycles. The molecule has 1 aromatic heterocycles. The molecule has 1 aromatic carbocycles. The monoisotopic (exact) mass is 370 g/mol. The molecule has 2 fully saturated rings. The van der Waals surface area contributed by atoms with Gasteiger partial charge in [-0.3, -0.25) is 9.79 Å². The zero-order valence-corrected chi connectivity index (χ0v) is 15.6. The van der Waals surface area contributed by atoms with Crippen LogP contribution in [0.1, 0.15) is 30.7 Å². The summed E-state index contributed by atoms with van der Waals surface area (Å²) in [5, 5.41) is 3.54. The predicted molar refractivity (Wildman–Crippen MR) is 105 cm³/mol. The van der Waals surface area contributed by atoms with E-state index in [9.17, 15) is 4.79 Å². The Bertz CT molecular complexity index is 881. The van der Waals surface area contributed by atoms with E-state index in [0.29, 0.717) is 16.0 Å². The Kier molecular flexibility index (Phi) is 5.08. The summed E-state index contributed by atoms with van der Waals surface area (Å²) in [6.45, 7) is 5.84. The van der Waals surface area contributed by atoms with Crippen molar-refractivity contribution in [1.82, 2.24) is 15.2 Å². The zero-order valence-electron chi connectivity index (χ0n) is 14.8. The van der Waals surface area contributed by atoms with Gasteiger partial charge in [0.2, 0.25) is 0 Å².